The predicted molar refractivity (Wildman–Crippen MR) is 119 cm³/mol. The van der Waals surface area contributed by atoms with Crippen LogP contribution < -0.4 is 16.0 Å². The lowest BCUT2D eigenvalue weighted by Gasteiger charge is -2.33. The van der Waals surface area contributed by atoms with Crippen LogP contribution in [0.15, 0.2) is 35.7 Å². The van der Waals surface area contributed by atoms with Crippen molar-refractivity contribution in [3.8, 4) is 0 Å². The molecule has 1 aliphatic rings. The molecule has 0 atom stereocenters. The highest BCUT2D eigenvalue weighted by molar-refractivity contribution is 5.91. The summed E-state index contributed by atoms with van der Waals surface area (Å²) in [4.78, 5) is 27.8. The molecule has 1 aliphatic heterocycles. The molecule has 2 aromatic rings. The van der Waals surface area contributed by atoms with Gasteiger partial charge in [0.05, 0.1) is 18.2 Å². The molecule has 1 fully saturated rings. The topological polar surface area (TPSA) is 106 Å². The second-order valence-corrected chi connectivity index (χ2v) is 7.82. The van der Waals surface area contributed by atoms with Crippen molar-refractivity contribution in [3.05, 3.63) is 47.3 Å². The third kappa shape index (κ3) is 5.46. The lowest BCUT2D eigenvalue weighted by atomic mass is 10.0. The van der Waals surface area contributed by atoms with Crippen molar-refractivity contribution >= 4 is 23.8 Å². The van der Waals surface area contributed by atoms with Crippen LogP contribution in [-0.2, 0) is 16.1 Å². The molecule has 1 aromatic carbocycles. The van der Waals surface area contributed by atoms with Crippen molar-refractivity contribution in [2.45, 2.75) is 45.1 Å². The zero-order chi connectivity index (χ0) is 21.5. The summed E-state index contributed by atoms with van der Waals surface area (Å²) < 4.78 is 0. The number of carbonyl (C=O) groups is 1. The lowest BCUT2D eigenvalue weighted by Crippen LogP contribution is -2.45. The highest BCUT2D eigenvalue weighted by atomic mass is 16.6. The summed E-state index contributed by atoms with van der Waals surface area (Å²) >= 11 is 0. The number of anilines is 2. The van der Waals surface area contributed by atoms with E-state index in [-0.39, 0.29) is 11.9 Å². The van der Waals surface area contributed by atoms with Crippen LogP contribution in [0, 0.1) is 0 Å². The van der Waals surface area contributed by atoms with Gasteiger partial charge in [-0.05, 0) is 29.9 Å². The first-order valence-corrected chi connectivity index (χ1v) is 10.3. The molecule has 0 unspecified atom stereocenters. The van der Waals surface area contributed by atoms with Crippen molar-refractivity contribution in [3.63, 3.8) is 0 Å². The van der Waals surface area contributed by atoms with Gasteiger partial charge in [0.25, 0.3) is 0 Å². The Kier molecular flexibility index (Phi) is 7.21. The molecule has 30 heavy (non-hydrogen) atoms. The minimum absolute atomic E-state index is 0.0601. The fourth-order valence-electron chi connectivity index (χ4n) is 3.60. The smallest absolute Gasteiger partial charge is 0.224 e. The van der Waals surface area contributed by atoms with E-state index < -0.39 is 0 Å². The number of benzene rings is 1. The Balaban J connectivity index is 1.54. The lowest BCUT2D eigenvalue weighted by molar-refractivity contribution is -0.121. The number of nitrogens with two attached hydrogens (primary N) is 1. The normalized spacial score (nSPS) is 15.0. The van der Waals surface area contributed by atoms with Crippen LogP contribution in [0.5, 0.6) is 0 Å². The highest BCUT2D eigenvalue weighted by Crippen LogP contribution is 2.23. The Morgan fingerprint density at radius 3 is 2.63 bits per heavy atom. The standard InChI is InChI=1S/C22H30N6O2/c1-15(2)17-6-4-16(5-7-17)12-20(29)27-18-8-10-28(11-9-18)22-19(13-26-30-3)21(23)24-14-25-22/h4-7,13-15,18H,8-12H2,1-3H3,(H,27,29)(H2,23,24,25)/b26-13+. The van der Waals surface area contributed by atoms with Crippen LogP contribution in [-0.4, -0.2) is 48.3 Å². The van der Waals surface area contributed by atoms with Gasteiger partial charge in [-0.2, -0.15) is 0 Å². The van der Waals surface area contributed by atoms with Crippen molar-refractivity contribution in [1.82, 2.24) is 15.3 Å². The van der Waals surface area contributed by atoms with E-state index in [1.165, 1.54) is 25.2 Å². The zero-order valence-corrected chi connectivity index (χ0v) is 17.8. The molecule has 0 radical (unpaired) electrons. The van der Waals surface area contributed by atoms with E-state index >= 15 is 0 Å². The molecule has 1 saturated heterocycles. The Hall–Kier alpha value is -3.16. The van der Waals surface area contributed by atoms with Crippen molar-refractivity contribution in [2.24, 2.45) is 5.16 Å². The van der Waals surface area contributed by atoms with Gasteiger partial charge in [-0.25, -0.2) is 9.97 Å². The van der Waals surface area contributed by atoms with Gasteiger partial charge >= 0.3 is 0 Å². The summed E-state index contributed by atoms with van der Waals surface area (Å²) in [6, 6.07) is 8.44. The number of carbonyl (C=O) groups excluding carboxylic acids is 1. The van der Waals surface area contributed by atoms with Gasteiger partial charge in [-0.3, -0.25) is 4.79 Å². The summed E-state index contributed by atoms with van der Waals surface area (Å²) in [5, 5.41) is 6.97. The van der Waals surface area contributed by atoms with Gasteiger partial charge in [0.2, 0.25) is 5.91 Å². The first-order chi connectivity index (χ1) is 14.5. The number of aromatic nitrogens is 2. The molecule has 0 saturated carbocycles. The number of oxime groups is 1. The first-order valence-electron chi connectivity index (χ1n) is 10.3. The van der Waals surface area contributed by atoms with E-state index in [4.69, 9.17) is 10.6 Å². The molecule has 1 aromatic heterocycles. The third-order valence-electron chi connectivity index (χ3n) is 5.35. The van der Waals surface area contributed by atoms with E-state index in [2.05, 4.69) is 51.3 Å². The molecule has 160 valence electrons. The van der Waals surface area contributed by atoms with Crippen LogP contribution in [0.1, 0.15) is 49.3 Å². The average Bonchev–Trinajstić information content (AvgIpc) is 2.73. The van der Waals surface area contributed by atoms with Gasteiger partial charge in [-0.15, -0.1) is 0 Å². The number of hydrogen-bond donors (Lipinski definition) is 2. The number of hydrogen-bond acceptors (Lipinski definition) is 7. The van der Waals surface area contributed by atoms with Crippen LogP contribution in [0.2, 0.25) is 0 Å². The monoisotopic (exact) mass is 410 g/mol. The summed E-state index contributed by atoms with van der Waals surface area (Å²) in [6.07, 6.45) is 5.06. The van der Waals surface area contributed by atoms with Gasteiger partial charge in [0.1, 0.15) is 25.1 Å². The zero-order valence-electron chi connectivity index (χ0n) is 17.8. The average molecular weight is 411 g/mol. The van der Waals surface area contributed by atoms with Gasteiger partial charge in [0.15, 0.2) is 0 Å². The Bertz CT molecular complexity index is 874. The number of nitrogen functional groups attached to an aromatic ring is 1. The summed E-state index contributed by atoms with van der Waals surface area (Å²) in [5.74, 6) is 1.65. The Morgan fingerprint density at radius 1 is 1.30 bits per heavy atom. The SMILES string of the molecule is CO/N=C/c1c(N)ncnc1N1CCC(NC(=O)Cc2ccc(C(C)C)cc2)CC1. The third-order valence-corrected chi connectivity index (χ3v) is 5.35. The van der Waals surface area contributed by atoms with E-state index in [1.807, 2.05) is 12.1 Å². The number of amides is 1. The summed E-state index contributed by atoms with van der Waals surface area (Å²) in [6.45, 7) is 5.85. The maximum absolute atomic E-state index is 12.5. The minimum Gasteiger partial charge on any atom is -0.399 e. The van der Waals surface area contributed by atoms with Crippen molar-refractivity contribution in [1.29, 1.82) is 0 Å². The number of nitrogens with zero attached hydrogens (tertiary/aromatic N) is 4. The maximum Gasteiger partial charge on any atom is 0.224 e. The highest BCUT2D eigenvalue weighted by Gasteiger charge is 2.24. The molecule has 8 nitrogen and oxygen atoms in total. The fourth-order valence-corrected chi connectivity index (χ4v) is 3.60. The molecular weight excluding hydrogens is 380 g/mol. The van der Waals surface area contributed by atoms with Gasteiger partial charge < -0.3 is 20.8 Å². The van der Waals surface area contributed by atoms with E-state index in [9.17, 15) is 4.79 Å². The second kappa shape index (κ2) is 10.0. The number of rotatable bonds is 7. The first kappa shape index (κ1) is 21.5. The number of nitrogens with one attached hydrogen (secondary N) is 1. The van der Waals surface area contributed by atoms with Crippen LogP contribution >= 0.6 is 0 Å². The molecular formula is C22H30N6O2. The molecule has 0 spiro atoms. The summed E-state index contributed by atoms with van der Waals surface area (Å²) in [7, 11) is 1.48. The number of piperidine rings is 1. The molecule has 8 heteroatoms. The fraction of sp³-hybridized carbons (Fsp3) is 0.455. The van der Waals surface area contributed by atoms with E-state index in [1.54, 1.807) is 0 Å². The van der Waals surface area contributed by atoms with Gasteiger partial charge in [-0.1, -0.05) is 43.3 Å². The Labute approximate surface area is 177 Å². The predicted octanol–water partition coefficient (Wildman–Crippen LogP) is 2.49. The molecule has 0 bridgehead atoms. The van der Waals surface area contributed by atoms with Gasteiger partial charge in [0, 0.05) is 19.1 Å². The molecule has 3 rings (SSSR count). The maximum atomic E-state index is 12.5. The molecule has 3 N–H and O–H groups in total. The molecule has 2 heterocycles. The minimum atomic E-state index is 0.0601. The van der Waals surface area contributed by atoms with E-state index in [0.717, 1.165) is 37.3 Å². The summed E-state index contributed by atoms with van der Waals surface area (Å²) in [5.41, 5.74) is 8.94. The molecule has 0 aliphatic carbocycles. The van der Waals surface area contributed by atoms with Crippen LogP contribution in [0.3, 0.4) is 0 Å². The Morgan fingerprint density at radius 2 is 2.00 bits per heavy atom. The van der Waals surface area contributed by atoms with E-state index in [0.29, 0.717) is 23.7 Å². The molecule has 1 amide bonds. The van der Waals surface area contributed by atoms with Crippen molar-refractivity contribution in [2.75, 3.05) is 30.8 Å². The second-order valence-electron chi connectivity index (χ2n) is 7.82. The largest absolute Gasteiger partial charge is 0.399 e. The van der Waals surface area contributed by atoms with Crippen LogP contribution in [0.25, 0.3) is 0 Å². The van der Waals surface area contributed by atoms with Crippen LogP contribution in [0.4, 0.5) is 11.6 Å². The van der Waals surface area contributed by atoms with Crippen molar-refractivity contribution < 1.29 is 9.63 Å². The quantitative estimate of drug-likeness (QED) is 0.537.